The van der Waals surface area contributed by atoms with Crippen molar-refractivity contribution in [1.82, 2.24) is 4.90 Å². The summed E-state index contributed by atoms with van der Waals surface area (Å²) in [6.45, 7) is 10.7. The average molecular weight is 548 g/mol. The number of hydrogen-bond donors (Lipinski definition) is 1. The first-order valence-electron chi connectivity index (χ1n) is 14.2. The molecule has 6 heteroatoms. The van der Waals surface area contributed by atoms with Crippen LogP contribution in [0.3, 0.4) is 0 Å². The SMILES string of the molecule is C[Si](C)(C)CCCN1C[C@H](OCc2ccccc2)[C@@H](OCc2ccccc2)[C@H](O)[C@H]1COCc1ccccc1. The average Bonchev–Trinajstić information content (AvgIpc) is 2.94. The fourth-order valence-corrected chi connectivity index (χ4v) is 6.39. The molecule has 3 aromatic rings. The Morgan fingerprint density at radius 2 is 1.26 bits per heavy atom. The zero-order valence-electron chi connectivity index (χ0n) is 23.7. The highest BCUT2D eigenvalue weighted by molar-refractivity contribution is 6.76. The molecule has 1 fully saturated rings. The van der Waals surface area contributed by atoms with Gasteiger partial charge in [-0.25, -0.2) is 0 Å². The molecule has 0 aliphatic carbocycles. The Kier molecular flexibility index (Phi) is 11.3. The minimum atomic E-state index is -1.17. The molecule has 0 saturated carbocycles. The zero-order chi connectivity index (χ0) is 27.5. The van der Waals surface area contributed by atoms with E-state index in [1.807, 2.05) is 54.6 Å². The van der Waals surface area contributed by atoms with Crippen molar-refractivity contribution in [3.63, 3.8) is 0 Å². The van der Waals surface area contributed by atoms with Crippen molar-refractivity contribution >= 4 is 8.07 Å². The Balaban J connectivity index is 1.49. The maximum absolute atomic E-state index is 11.8. The molecule has 1 heterocycles. The molecule has 1 saturated heterocycles. The summed E-state index contributed by atoms with van der Waals surface area (Å²) in [6, 6.07) is 31.7. The van der Waals surface area contributed by atoms with Crippen molar-refractivity contribution in [3.8, 4) is 0 Å². The van der Waals surface area contributed by atoms with E-state index in [2.05, 4.69) is 60.9 Å². The van der Waals surface area contributed by atoms with Gasteiger partial charge >= 0.3 is 0 Å². The lowest BCUT2D eigenvalue weighted by molar-refractivity contribution is -0.193. The van der Waals surface area contributed by atoms with Crippen molar-refractivity contribution < 1.29 is 19.3 Å². The van der Waals surface area contributed by atoms with E-state index in [-0.39, 0.29) is 12.1 Å². The predicted molar refractivity (Wildman–Crippen MR) is 160 cm³/mol. The van der Waals surface area contributed by atoms with E-state index in [4.69, 9.17) is 14.2 Å². The van der Waals surface area contributed by atoms with Gasteiger partial charge in [-0.15, -0.1) is 0 Å². The zero-order valence-corrected chi connectivity index (χ0v) is 24.7. The van der Waals surface area contributed by atoms with Crippen LogP contribution in [0.1, 0.15) is 23.1 Å². The number of aliphatic hydroxyl groups is 1. The molecule has 210 valence electrons. The van der Waals surface area contributed by atoms with Gasteiger partial charge in [-0.2, -0.15) is 0 Å². The summed E-state index contributed by atoms with van der Waals surface area (Å²) in [5, 5.41) is 11.8. The highest BCUT2D eigenvalue weighted by Crippen LogP contribution is 2.27. The Labute approximate surface area is 235 Å². The van der Waals surface area contributed by atoms with Crippen LogP contribution in [0.15, 0.2) is 91.0 Å². The number of benzene rings is 3. The van der Waals surface area contributed by atoms with E-state index in [1.54, 1.807) is 0 Å². The van der Waals surface area contributed by atoms with E-state index in [1.165, 1.54) is 6.04 Å². The van der Waals surface area contributed by atoms with Crippen molar-refractivity contribution in [3.05, 3.63) is 108 Å². The lowest BCUT2D eigenvalue weighted by atomic mass is 9.93. The van der Waals surface area contributed by atoms with Gasteiger partial charge in [0.05, 0.1) is 38.6 Å². The van der Waals surface area contributed by atoms with Gasteiger partial charge < -0.3 is 19.3 Å². The quantitative estimate of drug-likeness (QED) is 0.246. The summed E-state index contributed by atoms with van der Waals surface area (Å²) in [4.78, 5) is 2.38. The standard InChI is InChI=1S/C33H45NO4Si/c1-39(2,3)21-13-20-34-22-31(37-24-28-16-9-5-10-17-28)33(38-25-29-18-11-6-12-19-29)32(35)30(34)26-36-23-27-14-7-4-8-15-27/h4-12,14-19,30-33,35H,13,20-26H2,1-3H3/t30-,31+,32-,33-/m1/s1. The second-order valence-corrected chi connectivity index (χ2v) is 17.4. The molecule has 0 amide bonds. The summed E-state index contributed by atoms with van der Waals surface area (Å²) in [5.74, 6) is 0. The molecule has 0 unspecified atom stereocenters. The number of aliphatic hydroxyl groups excluding tert-OH is 1. The molecular formula is C33H45NO4Si. The maximum Gasteiger partial charge on any atom is 0.113 e. The molecule has 5 nitrogen and oxygen atoms in total. The van der Waals surface area contributed by atoms with Crippen molar-refractivity contribution in [2.24, 2.45) is 0 Å². The van der Waals surface area contributed by atoms with Gasteiger partial charge in [0.1, 0.15) is 12.2 Å². The summed E-state index contributed by atoms with van der Waals surface area (Å²) in [7, 11) is -1.17. The summed E-state index contributed by atoms with van der Waals surface area (Å²) in [5.41, 5.74) is 3.34. The van der Waals surface area contributed by atoms with Gasteiger partial charge in [0.2, 0.25) is 0 Å². The molecule has 1 aliphatic rings. The van der Waals surface area contributed by atoms with Crippen LogP contribution in [-0.2, 0) is 34.0 Å². The molecule has 0 aromatic heterocycles. The number of piperidine rings is 1. The molecular weight excluding hydrogens is 502 g/mol. The molecule has 39 heavy (non-hydrogen) atoms. The first kappa shape index (κ1) is 29.7. The molecule has 0 spiro atoms. The second-order valence-electron chi connectivity index (χ2n) is 11.8. The molecule has 0 bridgehead atoms. The molecule has 1 N–H and O–H groups in total. The number of hydrogen-bond acceptors (Lipinski definition) is 5. The fraction of sp³-hybridized carbons (Fsp3) is 0.455. The normalized spacial score (nSPS) is 22.2. The lowest BCUT2D eigenvalue weighted by Crippen LogP contribution is -2.64. The molecule has 0 radical (unpaired) electrons. The summed E-state index contributed by atoms with van der Waals surface area (Å²) in [6.07, 6.45) is -0.321. The van der Waals surface area contributed by atoms with E-state index in [0.717, 1.165) is 29.7 Å². The molecule has 3 aromatic carbocycles. The summed E-state index contributed by atoms with van der Waals surface area (Å²) >= 11 is 0. The smallest absolute Gasteiger partial charge is 0.113 e. The van der Waals surface area contributed by atoms with E-state index >= 15 is 0 Å². The third-order valence-electron chi connectivity index (χ3n) is 7.35. The minimum absolute atomic E-state index is 0.160. The molecule has 1 aliphatic heterocycles. The van der Waals surface area contributed by atoms with Crippen LogP contribution in [-0.4, -0.2) is 62.1 Å². The van der Waals surface area contributed by atoms with Gasteiger partial charge in [-0.3, -0.25) is 4.90 Å². The molecule has 4 atom stereocenters. The maximum atomic E-state index is 11.8. The van der Waals surface area contributed by atoms with Crippen LogP contribution in [0.2, 0.25) is 25.7 Å². The number of ether oxygens (including phenoxy) is 3. The monoisotopic (exact) mass is 547 g/mol. The molecule has 4 rings (SSSR count). The number of rotatable bonds is 14. The Hall–Kier alpha value is -2.32. The van der Waals surface area contributed by atoms with Crippen LogP contribution in [0.4, 0.5) is 0 Å². The largest absolute Gasteiger partial charge is 0.389 e. The number of nitrogens with zero attached hydrogens (tertiary/aromatic N) is 1. The van der Waals surface area contributed by atoms with Gasteiger partial charge in [0.15, 0.2) is 0 Å². The van der Waals surface area contributed by atoms with Crippen LogP contribution >= 0.6 is 0 Å². The van der Waals surface area contributed by atoms with E-state index in [0.29, 0.717) is 33.0 Å². The van der Waals surface area contributed by atoms with Crippen molar-refractivity contribution in [1.29, 1.82) is 0 Å². The van der Waals surface area contributed by atoms with Gasteiger partial charge in [-0.05, 0) is 29.7 Å². The third-order valence-corrected chi connectivity index (χ3v) is 9.20. The first-order chi connectivity index (χ1) is 18.9. The van der Waals surface area contributed by atoms with Crippen molar-refractivity contribution in [2.45, 2.75) is 76.3 Å². The van der Waals surface area contributed by atoms with E-state index < -0.39 is 20.3 Å². The Bertz CT molecular complexity index is 1080. The van der Waals surface area contributed by atoms with Crippen LogP contribution in [0.25, 0.3) is 0 Å². The third kappa shape index (κ3) is 9.67. The van der Waals surface area contributed by atoms with Gasteiger partial charge in [0, 0.05) is 14.6 Å². The summed E-state index contributed by atoms with van der Waals surface area (Å²) < 4.78 is 19.1. The second kappa shape index (κ2) is 14.9. The van der Waals surface area contributed by atoms with Gasteiger partial charge in [-0.1, -0.05) is 117 Å². The highest BCUT2D eigenvalue weighted by atomic mass is 28.3. The Morgan fingerprint density at radius 1 is 0.744 bits per heavy atom. The van der Waals surface area contributed by atoms with Crippen LogP contribution in [0, 0.1) is 0 Å². The Morgan fingerprint density at radius 3 is 1.79 bits per heavy atom. The lowest BCUT2D eigenvalue weighted by Gasteiger charge is -2.47. The minimum Gasteiger partial charge on any atom is -0.389 e. The fourth-order valence-electron chi connectivity index (χ4n) is 5.17. The predicted octanol–water partition coefficient (Wildman–Crippen LogP) is 6.15. The first-order valence-corrected chi connectivity index (χ1v) is 17.9. The van der Waals surface area contributed by atoms with Crippen molar-refractivity contribution in [2.75, 3.05) is 19.7 Å². The highest BCUT2D eigenvalue weighted by Gasteiger charge is 2.44. The van der Waals surface area contributed by atoms with Crippen LogP contribution in [0.5, 0.6) is 0 Å². The number of likely N-dealkylation sites (tertiary alicyclic amines) is 1. The topological polar surface area (TPSA) is 51.2 Å². The van der Waals surface area contributed by atoms with Crippen LogP contribution < -0.4 is 0 Å². The van der Waals surface area contributed by atoms with Gasteiger partial charge in [0.25, 0.3) is 0 Å². The van der Waals surface area contributed by atoms with E-state index in [9.17, 15) is 5.11 Å².